The monoisotopic (exact) mass is 332 g/mol. The van der Waals surface area contributed by atoms with Gasteiger partial charge < -0.3 is 15.4 Å². The number of hydrogen-bond donors (Lipinski definition) is 2. The van der Waals surface area contributed by atoms with E-state index in [1.807, 2.05) is 24.3 Å². The summed E-state index contributed by atoms with van der Waals surface area (Å²) in [6.07, 6.45) is 0. The number of amides is 2. The summed E-state index contributed by atoms with van der Waals surface area (Å²) >= 11 is 1.22. The molecule has 0 fully saturated rings. The van der Waals surface area contributed by atoms with Crippen molar-refractivity contribution in [1.82, 2.24) is 0 Å². The van der Waals surface area contributed by atoms with Crippen LogP contribution in [0.2, 0.25) is 0 Å². The number of urea groups is 1. The van der Waals surface area contributed by atoms with E-state index in [0.717, 1.165) is 0 Å². The second-order valence-electron chi connectivity index (χ2n) is 6.06. The van der Waals surface area contributed by atoms with Crippen molar-refractivity contribution < 1.29 is 14.3 Å². The third-order valence-electron chi connectivity index (χ3n) is 3.29. The van der Waals surface area contributed by atoms with Gasteiger partial charge in [-0.3, -0.25) is 0 Å². The van der Waals surface area contributed by atoms with E-state index in [1.54, 1.807) is 11.4 Å². The lowest BCUT2D eigenvalue weighted by Crippen LogP contribution is -2.20. The molecule has 2 amide bonds. The zero-order valence-corrected chi connectivity index (χ0v) is 14.4. The summed E-state index contributed by atoms with van der Waals surface area (Å²) in [5.41, 5.74) is 2.37. The van der Waals surface area contributed by atoms with Gasteiger partial charge in [0.25, 0.3) is 0 Å². The summed E-state index contributed by atoms with van der Waals surface area (Å²) in [5.74, 6) is -0.468. The largest absolute Gasteiger partial charge is 0.465 e. The van der Waals surface area contributed by atoms with Crippen LogP contribution in [-0.2, 0) is 10.2 Å². The zero-order valence-electron chi connectivity index (χ0n) is 13.6. The van der Waals surface area contributed by atoms with Gasteiger partial charge in [0.1, 0.15) is 4.88 Å². The van der Waals surface area contributed by atoms with Crippen LogP contribution < -0.4 is 10.6 Å². The highest BCUT2D eigenvalue weighted by Gasteiger charge is 2.16. The van der Waals surface area contributed by atoms with E-state index >= 15 is 0 Å². The van der Waals surface area contributed by atoms with Crippen LogP contribution in [0.15, 0.2) is 35.7 Å². The highest BCUT2D eigenvalue weighted by molar-refractivity contribution is 7.12. The molecule has 1 aromatic heterocycles. The van der Waals surface area contributed by atoms with Crippen molar-refractivity contribution in [1.29, 1.82) is 0 Å². The van der Waals surface area contributed by atoms with Gasteiger partial charge in [0.15, 0.2) is 0 Å². The lowest BCUT2D eigenvalue weighted by Gasteiger charge is -2.19. The fourth-order valence-electron chi connectivity index (χ4n) is 2.00. The molecule has 0 saturated heterocycles. The SMILES string of the molecule is COC(=O)c1sccc1NC(=O)Nc1ccc(C(C)(C)C)cc1. The highest BCUT2D eigenvalue weighted by atomic mass is 32.1. The summed E-state index contributed by atoms with van der Waals surface area (Å²) in [4.78, 5) is 24.0. The van der Waals surface area contributed by atoms with Crippen molar-refractivity contribution in [3.8, 4) is 0 Å². The number of ether oxygens (including phenoxy) is 1. The van der Waals surface area contributed by atoms with Gasteiger partial charge in [-0.15, -0.1) is 11.3 Å². The Bertz CT molecular complexity index is 699. The molecular weight excluding hydrogens is 312 g/mol. The molecule has 0 spiro atoms. The Kier molecular flexibility index (Phi) is 5.05. The van der Waals surface area contributed by atoms with Gasteiger partial charge in [-0.1, -0.05) is 32.9 Å². The second kappa shape index (κ2) is 6.83. The van der Waals surface area contributed by atoms with Gasteiger partial charge in [0.2, 0.25) is 0 Å². The molecule has 1 heterocycles. The van der Waals surface area contributed by atoms with Crippen molar-refractivity contribution >= 4 is 34.7 Å². The average Bonchev–Trinajstić information content (AvgIpc) is 2.94. The standard InChI is InChI=1S/C17H20N2O3S/c1-17(2,3)11-5-7-12(8-6-11)18-16(21)19-13-9-10-23-14(13)15(20)22-4/h5-10H,1-4H3,(H2,18,19,21). The maximum atomic E-state index is 12.1. The molecule has 0 saturated carbocycles. The molecule has 2 aromatic rings. The summed E-state index contributed by atoms with van der Waals surface area (Å²) in [6.45, 7) is 6.40. The molecule has 0 radical (unpaired) electrons. The molecule has 23 heavy (non-hydrogen) atoms. The van der Waals surface area contributed by atoms with E-state index in [-0.39, 0.29) is 5.41 Å². The molecule has 0 atom stereocenters. The third-order valence-corrected chi connectivity index (χ3v) is 4.19. The van der Waals surface area contributed by atoms with Crippen LogP contribution in [0.4, 0.5) is 16.2 Å². The van der Waals surface area contributed by atoms with Crippen LogP contribution >= 0.6 is 11.3 Å². The number of thiophene rings is 1. The van der Waals surface area contributed by atoms with Gasteiger partial charge in [0, 0.05) is 5.69 Å². The number of esters is 1. The second-order valence-corrected chi connectivity index (χ2v) is 6.98. The maximum absolute atomic E-state index is 12.1. The molecule has 2 N–H and O–H groups in total. The van der Waals surface area contributed by atoms with Gasteiger partial charge in [-0.25, -0.2) is 9.59 Å². The molecular formula is C17H20N2O3S. The number of benzene rings is 1. The van der Waals surface area contributed by atoms with Crippen molar-refractivity contribution in [2.45, 2.75) is 26.2 Å². The van der Waals surface area contributed by atoms with Crippen LogP contribution in [0, 0.1) is 0 Å². The Balaban J connectivity index is 2.03. The topological polar surface area (TPSA) is 67.4 Å². The van der Waals surface area contributed by atoms with Gasteiger partial charge >= 0.3 is 12.0 Å². The molecule has 1 aromatic carbocycles. The first-order chi connectivity index (χ1) is 10.8. The van der Waals surface area contributed by atoms with Gasteiger partial charge in [-0.2, -0.15) is 0 Å². The Morgan fingerprint density at radius 2 is 1.70 bits per heavy atom. The molecule has 0 bridgehead atoms. The lowest BCUT2D eigenvalue weighted by molar-refractivity contribution is 0.0607. The fourth-order valence-corrected chi connectivity index (χ4v) is 2.76. The first kappa shape index (κ1) is 17.0. The normalized spacial score (nSPS) is 11.0. The molecule has 0 unspecified atom stereocenters. The Morgan fingerprint density at radius 3 is 2.26 bits per heavy atom. The lowest BCUT2D eigenvalue weighted by atomic mass is 9.87. The number of hydrogen-bond acceptors (Lipinski definition) is 4. The molecule has 0 aliphatic heterocycles. The molecule has 0 aliphatic rings. The van der Waals surface area contributed by atoms with E-state index in [0.29, 0.717) is 16.3 Å². The minimum absolute atomic E-state index is 0.0624. The number of anilines is 2. The molecule has 122 valence electrons. The first-order valence-corrected chi connectivity index (χ1v) is 8.03. The number of nitrogens with one attached hydrogen (secondary N) is 2. The number of rotatable bonds is 3. The molecule has 6 heteroatoms. The smallest absolute Gasteiger partial charge is 0.350 e. The molecule has 0 aliphatic carbocycles. The predicted octanol–water partition coefficient (Wildman–Crippen LogP) is 4.48. The van der Waals surface area contributed by atoms with Crippen LogP contribution in [-0.4, -0.2) is 19.1 Å². The maximum Gasteiger partial charge on any atom is 0.350 e. The third kappa shape index (κ3) is 4.32. The molecule has 5 nitrogen and oxygen atoms in total. The number of methoxy groups -OCH3 is 1. The van der Waals surface area contributed by atoms with Crippen LogP contribution in [0.5, 0.6) is 0 Å². The number of carbonyl (C=O) groups excluding carboxylic acids is 2. The van der Waals surface area contributed by atoms with Crippen LogP contribution in [0.3, 0.4) is 0 Å². The zero-order chi connectivity index (χ0) is 17.0. The van der Waals surface area contributed by atoms with E-state index < -0.39 is 12.0 Å². The molecule has 2 rings (SSSR count). The first-order valence-electron chi connectivity index (χ1n) is 7.15. The van der Waals surface area contributed by atoms with Crippen molar-refractivity contribution in [2.24, 2.45) is 0 Å². The average molecular weight is 332 g/mol. The van der Waals surface area contributed by atoms with Crippen LogP contribution in [0.1, 0.15) is 36.0 Å². The fraction of sp³-hybridized carbons (Fsp3) is 0.294. The van der Waals surface area contributed by atoms with E-state index in [4.69, 9.17) is 0 Å². The summed E-state index contributed by atoms with van der Waals surface area (Å²) in [5, 5.41) is 7.13. The minimum Gasteiger partial charge on any atom is -0.465 e. The Morgan fingerprint density at radius 1 is 1.04 bits per heavy atom. The van der Waals surface area contributed by atoms with Crippen molar-refractivity contribution in [3.05, 3.63) is 46.2 Å². The summed E-state index contributed by atoms with van der Waals surface area (Å²) < 4.78 is 4.68. The van der Waals surface area contributed by atoms with E-state index in [9.17, 15) is 9.59 Å². The number of carbonyl (C=O) groups is 2. The van der Waals surface area contributed by atoms with E-state index in [1.165, 1.54) is 24.0 Å². The van der Waals surface area contributed by atoms with Gasteiger partial charge in [0.05, 0.1) is 12.8 Å². The quantitative estimate of drug-likeness (QED) is 0.815. The summed E-state index contributed by atoms with van der Waals surface area (Å²) in [7, 11) is 1.31. The summed E-state index contributed by atoms with van der Waals surface area (Å²) in [6, 6.07) is 8.95. The van der Waals surface area contributed by atoms with Crippen molar-refractivity contribution in [2.75, 3.05) is 17.7 Å². The van der Waals surface area contributed by atoms with E-state index in [2.05, 4.69) is 36.1 Å². The minimum atomic E-state index is -0.468. The van der Waals surface area contributed by atoms with Crippen LogP contribution in [0.25, 0.3) is 0 Å². The van der Waals surface area contributed by atoms with Gasteiger partial charge in [-0.05, 0) is 34.6 Å². The Labute approximate surface area is 139 Å². The predicted molar refractivity (Wildman–Crippen MR) is 93.4 cm³/mol. The van der Waals surface area contributed by atoms with Crippen molar-refractivity contribution in [3.63, 3.8) is 0 Å². The highest BCUT2D eigenvalue weighted by Crippen LogP contribution is 2.25. The Hall–Kier alpha value is -2.34.